The summed E-state index contributed by atoms with van der Waals surface area (Å²) in [6, 6.07) is 6.57. The Kier molecular flexibility index (Phi) is 2.23. The lowest BCUT2D eigenvalue weighted by Gasteiger charge is -2.25. The molecule has 0 aromatic heterocycles. The molecule has 0 aliphatic carbocycles. The number of fused-ring (bicyclic) bond motifs is 1. The lowest BCUT2D eigenvalue weighted by Crippen LogP contribution is -2.29. The van der Waals surface area contributed by atoms with E-state index >= 15 is 0 Å². The number of anilines is 1. The van der Waals surface area contributed by atoms with Crippen LogP contribution in [0.5, 0.6) is 0 Å². The highest BCUT2D eigenvalue weighted by Gasteiger charge is 2.16. The maximum Gasteiger partial charge on any atom is 0.0373 e. The molecular formula is C11H16N2. The van der Waals surface area contributed by atoms with Gasteiger partial charge in [0.25, 0.3) is 0 Å². The van der Waals surface area contributed by atoms with Gasteiger partial charge in [-0.05, 0) is 37.4 Å². The number of hydrogen-bond acceptors (Lipinski definition) is 2. The molecule has 70 valence electrons. The minimum absolute atomic E-state index is 0.606. The van der Waals surface area contributed by atoms with Crippen molar-refractivity contribution in [3.05, 3.63) is 29.3 Å². The van der Waals surface area contributed by atoms with Gasteiger partial charge in [0.1, 0.15) is 0 Å². The summed E-state index contributed by atoms with van der Waals surface area (Å²) in [6.45, 7) is 3.93. The Labute approximate surface area is 79.1 Å². The summed E-state index contributed by atoms with van der Waals surface area (Å²) in [5.41, 5.74) is 9.70. The van der Waals surface area contributed by atoms with Crippen LogP contribution in [0.25, 0.3) is 0 Å². The summed E-state index contributed by atoms with van der Waals surface area (Å²) in [5, 5.41) is 3.41. The lowest BCUT2D eigenvalue weighted by molar-refractivity contribution is 0.550. The SMILES string of the molecule is Cc1ccc2c(c1)CC(CN)CN2. The molecule has 13 heavy (non-hydrogen) atoms. The monoisotopic (exact) mass is 176 g/mol. The maximum absolute atomic E-state index is 5.66. The molecule has 2 nitrogen and oxygen atoms in total. The number of benzene rings is 1. The van der Waals surface area contributed by atoms with Crippen molar-refractivity contribution >= 4 is 5.69 Å². The Morgan fingerprint density at radius 3 is 3.15 bits per heavy atom. The van der Waals surface area contributed by atoms with Gasteiger partial charge in [-0.15, -0.1) is 0 Å². The molecule has 1 aliphatic rings. The molecule has 0 bridgehead atoms. The zero-order valence-electron chi connectivity index (χ0n) is 8.01. The van der Waals surface area contributed by atoms with Crippen LogP contribution < -0.4 is 11.1 Å². The van der Waals surface area contributed by atoms with Crippen LogP contribution in [-0.4, -0.2) is 13.1 Å². The predicted molar refractivity (Wildman–Crippen MR) is 55.9 cm³/mol. The first-order valence-corrected chi connectivity index (χ1v) is 4.83. The van der Waals surface area contributed by atoms with Gasteiger partial charge in [0, 0.05) is 12.2 Å². The summed E-state index contributed by atoms with van der Waals surface area (Å²) in [4.78, 5) is 0. The molecule has 0 amide bonds. The summed E-state index contributed by atoms with van der Waals surface area (Å²) in [7, 11) is 0. The van der Waals surface area contributed by atoms with Crippen LogP contribution >= 0.6 is 0 Å². The molecule has 0 spiro atoms. The zero-order chi connectivity index (χ0) is 9.26. The fourth-order valence-electron chi connectivity index (χ4n) is 1.87. The molecule has 0 fully saturated rings. The number of rotatable bonds is 1. The average Bonchev–Trinajstić information content (AvgIpc) is 2.16. The molecular weight excluding hydrogens is 160 g/mol. The predicted octanol–water partition coefficient (Wildman–Crippen LogP) is 1.54. The van der Waals surface area contributed by atoms with Crippen molar-refractivity contribution in [1.29, 1.82) is 0 Å². The van der Waals surface area contributed by atoms with E-state index in [-0.39, 0.29) is 0 Å². The van der Waals surface area contributed by atoms with Crippen molar-refractivity contribution in [2.75, 3.05) is 18.4 Å². The van der Waals surface area contributed by atoms with Crippen molar-refractivity contribution in [3.63, 3.8) is 0 Å². The molecule has 1 atom stereocenters. The molecule has 1 heterocycles. The van der Waals surface area contributed by atoms with Gasteiger partial charge < -0.3 is 11.1 Å². The first kappa shape index (κ1) is 8.57. The van der Waals surface area contributed by atoms with Crippen molar-refractivity contribution in [2.45, 2.75) is 13.3 Å². The Bertz CT molecular complexity index is 307. The van der Waals surface area contributed by atoms with Crippen LogP contribution in [0.3, 0.4) is 0 Å². The van der Waals surface area contributed by atoms with E-state index in [9.17, 15) is 0 Å². The van der Waals surface area contributed by atoms with Gasteiger partial charge in [-0.1, -0.05) is 17.7 Å². The first-order valence-electron chi connectivity index (χ1n) is 4.83. The molecule has 1 aromatic rings. The van der Waals surface area contributed by atoms with Gasteiger partial charge >= 0.3 is 0 Å². The maximum atomic E-state index is 5.66. The van der Waals surface area contributed by atoms with Crippen molar-refractivity contribution in [2.24, 2.45) is 11.7 Å². The molecule has 3 N–H and O–H groups in total. The van der Waals surface area contributed by atoms with E-state index in [1.807, 2.05) is 0 Å². The van der Waals surface area contributed by atoms with Crippen LogP contribution in [-0.2, 0) is 6.42 Å². The van der Waals surface area contributed by atoms with Crippen molar-refractivity contribution in [3.8, 4) is 0 Å². The van der Waals surface area contributed by atoms with E-state index in [0.29, 0.717) is 5.92 Å². The molecule has 1 aliphatic heterocycles. The van der Waals surface area contributed by atoms with E-state index < -0.39 is 0 Å². The average molecular weight is 176 g/mol. The fourth-order valence-corrected chi connectivity index (χ4v) is 1.87. The second kappa shape index (κ2) is 3.38. The van der Waals surface area contributed by atoms with Crippen molar-refractivity contribution < 1.29 is 0 Å². The van der Waals surface area contributed by atoms with E-state index in [1.165, 1.54) is 16.8 Å². The highest BCUT2D eigenvalue weighted by Crippen LogP contribution is 2.24. The standard InChI is InChI=1S/C11H16N2/c1-8-2-3-11-10(4-8)5-9(6-12)7-13-11/h2-4,9,13H,5-7,12H2,1H3. The highest BCUT2D eigenvalue weighted by atomic mass is 14.9. The topological polar surface area (TPSA) is 38.0 Å². The van der Waals surface area contributed by atoms with Crippen LogP contribution in [0.4, 0.5) is 5.69 Å². The number of nitrogens with one attached hydrogen (secondary N) is 1. The summed E-state index contributed by atoms with van der Waals surface area (Å²) >= 11 is 0. The first-order chi connectivity index (χ1) is 6.29. The molecule has 0 radical (unpaired) electrons. The molecule has 2 heteroatoms. The fraction of sp³-hybridized carbons (Fsp3) is 0.455. The third kappa shape index (κ3) is 1.68. The van der Waals surface area contributed by atoms with Crippen LogP contribution in [0.1, 0.15) is 11.1 Å². The Hall–Kier alpha value is -1.02. The van der Waals surface area contributed by atoms with Gasteiger partial charge in [0.15, 0.2) is 0 Å². The van der Waals surface area contributed by atoms with E-state index in [0.717, 1.165) is 19.5 Å². The van der Waals surface area contributed by atoms with E-state index in [1.54, 1.807) is 0 Å². The smallest absolute Gasteiger partial charge is 0.0373 e. The van der Waals surface area contributed by atoms with E-state index in [2.05, 4.69) is 30.4 Å². The molecule has 0 saturated carbocycles. The quantitative estimate of drug-likeness (QED) is 0.681. The van der Waals surface area contributed by atoms with Crippen LogP contribution in [0.15, 0.2) is 18.2 Å². The van der Waals surface area contributed by atoms with Crippen LogP contribution in [0, 0.1) is 12.8 Å². The Morgan fingerprint density at radius 2 is 2.38 bits per heavy atom. The third-order valence-corrected chi connectivity index (χ3v) is 2.68. The summed E-state index contributed by atoms with van der Waals surface area (Å²) in [6.07, 6.45) is 1.13. The molecule has 0 saturated heterocycles. The minimum atomic E-state index is 0.606. The van der Waals surface area contributed by atoms with E-state index in [4.69, 9.17) is 5.73 Å². The second-order valence-corrected chi connectivity index (χ2v) is 3.85. The Morgan fingerprint density at radius 1 is 1.54 bits per heavy atom. The van der Waals surface area contributed by atoms with Gasteiger partial charge in [0.2, 0.25) is 0 Å². The van der Waals surface area contributed by atoms with Crippen LogP contribution in [0.2, 0.25) is 0 Å². The number of aryl methyl sites for hydroxylation is 1. The zero-order valence-corrected chi connectivity index (χ0v) is 8.01. The molecule has 2 rings (SSSR count). The van der Waals surface area contributed by atoms with Gasteiger partial charge in [0.05, 0.1) is 0 Å². The minimum Gasteiger partial charge on any atom is -0.384 e. The van der Waals surface area contributed by atoms with Gasteiger partial charge in [-0.2, -0.15) is 0 Å². The summed E-state index contributed by atoms with van der Waals surface area (Å²) in [5.74, 6) is 0.606. The Balaban J connectivity index is 2.27. The molecule has 1 unspecified atom stereocenters. The van der Waals surface area contributed by atoms with Gasteiger partial charge in [-0.25, -0.2) is 0 Å². The molecule has 1 aromatic carbocycles. The number of hydrogen-bond donors (Lipinski definition) is 2. The van der Waals surface area contributed by atoms with Gasteiger partial charge in [-0.3, -0.25) is 0 Å². The third-order valence-electron chi connectivity index (χ3n) is 2.68. The largest absolute Gasteiger partial charge is 0.384 e. The summed E-state index contributed by atoms with van der Waals surface area (Å²) < 4.78 is 0. The van der Waals surface area contributed by atoms with Crippen molar-refractivity contribution in [1.82, 2.24) is 0 Å². The number of nitrogens with two attached hydrogens (primary N) is 1. The lowest BCUT2D eigenvalue weighted by atomic mass is 9.93. The highest BCUT2D eigenvalue weighted by molar-refractivity contribution is 5.54. The second-order valence-electron chi connectivity index (χ2n) is 3.85. The normalized spacial score (nSPS) is 20.6.